The summed E-state index contributed by atoms with van der Waals surface area (Å²) in [4.78, 5) is 12.7. The summed E-state index contributed by atoms with van der Waals surface area (Å²) in [6.07, 6.45) is 1.41. The molecule has 6 nitrogen and oxygen atoms in total. The molecule has 0 radical (unpaired) electrons. The standard InChI is InChI=1S/C21H28N2O4S/c1-5-19(16-9-7-6-8-10-16)22-21(24)14-11-17-15-18(12-13-20(17)27-4)28(25,26)23(2)3/h6-10,12-13,15,19H,5,11,14H2,1-4H3,(H,22,24)/t19-/m0/s1. The van der Waals surface area contributed by atoms with Crippen molar-refractivity contribution in [3.05, 3.63) is 59.7 Å². The molecule has 0 fully saturated rings. The van der Waals surface area contributed by atoms with Crippen LogP contribution in [0.5, 0.6) is 5.75 Å². The van der Waals surface area contributed by atoms with Crippen molar-refractivity contribution in [3.8, 4) is 5.75 Å². The molecule has 0 bridgehead atoms. The van der Waals surface area contributed by atoms with E-state index in [9.17, 15) is 13.2 Å². The lowest BCUT2D eigenvalue weighted by Crippen LogP contribution is -2.28. The van der Waals surface area contributed by atoms with Gasteiger partial charge >= 0.3 is 0 Å². The third-order valence-electron chi connectivity index (χ3n) is 4.60. The predicted molar refractivity (Wildman–Crippen MR) is 110 cm³/mol. The van der Waals surface area contributed by atoms with E-state index >= 15 is 0 Å². The van der Waals surface area contributed by atoms with Crippen LogP contribution in [0.4, 0.5) is 0 Å². The molecule has 2 rings (SSSR count). The third kappa shape index (κ3) is 5.33. The molecule has 2 aromatic carbocycles. The molecule has 0 heterocycles. The molecule has 0 unspecified atom stereocenters. The van der Waals surface area contributed by atoms with Gasteiger partial charge in [0.25, 0.3) is 0 Å². The van der Waals surface area contributed by atoms with Crippen molar-refractivity contribution < 1.29 is 17.9 Å². The summed E-state index contributed by atoms with van der Waals surface area (Å²) in [5.41, 5.74) is 1.75. The summed E-state index contributed by atoms with van der Waals surface area (Å²) in [5.74, 6) is 0.485. The fourth-order valence-electron chi connectivity index (χ4n) is 2.94. The van der Waals surface area contributed by atoms with Crippen LogP contribution < -0.4 is 10.1 Å². The minimum atomic E-state index is -3.54. The first-order chi connectivity index (χ1) is 13.3. The van der Waals surface area contributed by atoms with E-state index in [4.69, 9.17) is 4.74 Å². The zero-order chi connectivity index (χ0) is 20.7. The fourth-order valence-corrected chi connectivity index (χ4v) is 3.90. The number of hydrogen-bond acceptors (Lipinski definition) is 4. The Balaban J connectivity index is 2.11. The van der Waals surface area contributed by atoms with Crippen molar-refractivity contribution in [1.29, 1.82) is 0 Å². The number of methoxy groups -OCH3 is 1. The van der Waals surface area contributed by atoms with Crippen molar-refractivity contribution in [2.45, 2.75) is 37.1 Å². The van der Waals surface area contributed by atoms with Gasteiger partial charge in [0.1, 0.15) is 5.75 Å². The highest BCUT2D eigenvalue weighted by atomic mass is 32.2. The average molecular weight is 405 g/mol. The maximum atomic E-state index is 12.5. The molecule has 0 aromatic heterocycles. The van der Waals surface area contributed by atoms with E-state index in [-0.39, 0.29) is 23.3 Å². The largest absolute Gasteiger partial charge is 0.496 e. The second-order valence-electron chi connectivity index (χ2n) is 6.70. The van der Waals surface area contributed by atoms with Gasteiger partial charge in [0.15, 0.2) is 0 Å². The van der Waals surface area contributed by atoms with Crippen molar-refractivity contribution in [2.75, 3.05) is 21.2 Å². The lowest BCUT2D eigenvalue weighted by molar-refractivity contribution is -0.121. The van der Waals surface area contributed by atoms with Gasteiger partial charge in [-0.1, -0.05) is 37.3 Å². The highest BCUT2D eigenvalue weighted by Crippen LogP contribution is 2.25. The number of ether oxygens (including phenoxy) is 1. The van der Waals surface area contributed by atoms with Gasteiger partial charge < -0.3 is 10.1 Å². The smallest absolute Gasteiger partial charge is 0.242 e. The molecule has 152 valence electrons. The molecule has 0 aliphatic rings. The number of carbonyl (C=O) groups excluding carboxylic acids is 1. The molecule has 28 heavy (non-hydrogen) atoms. The number of amides is 1. The molecule has 2 aromatic rings. The highest BCUT2D eigenvalue weighted by Gasteiger charge is 2.20. The SMILES string of the molecule is CC[C@H](NC(=O)CCc1cc(S(=O)(=O)N(C)C)ccc1OC)c1ccccc1. The van der Waals surface area contributed by atoms with E-state index in [2.05, 4.69) is 5.32 Å². The molecule has 0 saturated heterocycles. The van der Waals surface area contributed by atoms with Crippen LogP contribution >= 0.6 is 0 Å². The number of aryl methyl sites for hydroxylation is 1. The average Bonchev–Trinajstić information content (AvgIpc) is 2.70. The van der Waals surface area contributed by atoms with Gasteiger partial charge in [-0.05, 0) is 42.2 Å². The molecule has 0 aliphatic carbocycles. The Hall–Kier alpha value is -2.38. The van der Waals surface area contributed by atoms with Crippen LogP contribution in [0, 0.1) is 0 Å². The van der Waals surface area contributed by atoms with Gasteiger partial charge in [-0.2, -0.15) is 0 Å². The first-order valence-electron chi connectivity index (χ1n) is 9.23. The number of rotatable bonds is 9. The summed E-state index contributed by atoms with van der Waals surface area (Å²) in [7, 11) is 0.959. The van der Waals surface area contributed by atoms with Gasteiger partial charge in [0, 0.05) is 20.5 Å². The fraction of sp³-hybridized carbons (Fsp3) is 0.381. The molecule has 0 spiro atoms. The Bertz CT molecular complexity index is 896. The minimum Gasteiger partial charge on any atom is -0.496 e. The number of hydrogen-bond donors (Lipinski definition) is 1. The normalized spacial score (nSPS) is 12.6. The van der Waals surface area contributed by atoms with Crippen LogP contribution in [0.25, 0.3) is 0 Å². The number of benzene rings is 2. The molecule has 1 N–H and O–H groups in total. The molecular formula is C21H28N2O4S. The first-order valence-corrected chi connectivity index (χ1v) is 10.7. The van der Waals surface area contributed by atoms with Crippen molar-refractivity contribution in [2.24, 2.45) is 0 Å². The molecule has 1 atom stereocenters. The number of nitrogens with zero attached hydrogens (tertiary/aromatic N) is 1. The van der Waals surface area contributed by atoms with E-state index in [0.29, 0.717) is 17.7 Å². The minimum absolute atomic E-state index is 0.0453. The van der Waals surface area contributed by atoms with Crippen LogP contribution in [0.1, 0.15) is 36.9 Å². The predicted octanol–water partition coefficient (Wildman–Crippen LogP) is 3.15. The number of carbonyl (C=O) groups is 1. The van der Waals surface area contributed by atoms with E-state index in [1.165, 1.54) is 27.3 Å². The van der Waals surface area contributed by atoms with E-state index in [0.717, 1.165) is 16.3 Å². The number of sulfonamides is 1. The summed E-state index contributed by atoms with van der Waals surface area (Å²) in [6.45, 7) is 2.02. The highest BCUT2D eigenvalue weighted by molar-refractivity contribution is 7.89. The summed E-state index contributed by atoms with van der Waals surface area (Å²) in [5, 5.41) is 3.05. The van der Waals surface area contributed by atoms with Gasteiger partial charge in [-0.3, -0.25) is 4.79 Å². The van der Waals surface area contributed by atoms with E-state index < -0.39 is 10.0 Å². The Morgan fingerprint density at radius 3 is 2.39 bits per heavy atom. The molecule has 7 heteroatoms. The molecular weight excluding hydrogens is 376 g/mol. The molecule has 0 aliphatic heterocycles. The summed E-state index contributed by atoms with van der Waals surface area (Å²) >= 11 is 0. The number of nitrogens with one attached hydrogen (secondary N) is 1. The monoisotopic (exact) mass is 404 g/mol. The summed E-state index contributed by atoms with van der Waals surface area (Å²) < 4.78 is 31.2. The van der Waals surface area contributed by atoms with Crippen molar-refractivity contribution in [1.82, 2.24) is 9.62 Å². The lowest BCUT2D eigenvalue weighted by Gasteiger charge is -2.18. The Morgan fingerprint density at radius 1 is 1.14 bits per heavy atom. The maximum Gasteiger partial charge on any atom is 0.242 e. The third-order valence-corrected chi connectivity index (χ3v) is 6.41. The van der Waals surface area contributed by atoms with Crippen LogP contribution in [0.15, 0.2) is 53.4 Å². The van der Waals surface area contributed by atoms with Crippen molar-refractivity contribution in [3.63, 3.8) is 0 Å². The zero-order valence-electron chi connectivity index (χ0n) is 16.8. The molecule has 0 saturated carbocycles. The van der Waals surface area contributed by atoms with Crippen LogP contribution in [-0.2, 0) is 21.2 Å². The zero-order valence-corrected chi connectivity index (χ0v) is 17.6. The lowest BCUT2D eigenvalue weighted by atomic mass is 10.0. The quantitative estimate of drug-likeness (QED) is 0.697. The van der Waals surface area contributed by atoms with Crippen LogP contribution in [0.3, 0.4) is 0 Å². The topological polar surface area (TPSA) is 75.7 Å². The van der Waals surface area contributed by atoms with E-state index in [1.807, 2.05) is 37.3 Å². The molecule has 1 amide bonds. The van der Waals surface area contributed by atoms with Gasteiger partial charge in [0.05, 0.1) is 18.0 Å². The van der Waals surface area contributed by atoms with Gasteiger partial charge in [-0.25, -0.2) is 12.7 Å². The Morgan fingerprint density at radius 2 is 1.82 bits per heavy atom. The van der Waals surface area contributed by atoms with Gasteiger partial charge in [-0.15, -0.1) is 0 Å². The first kappa shape index (κ1) is 21.9. The van der Waals surface area contributed by atoms with Crippen LogP contribution in [0.2, 0.25) is 0 Å². The Labute approximate surface area is 167 Å². The van der Waals surface area contributed by atoms with Crippen molar-refractivity contribution >= 4 is 15.9 Å². The Kier molecular flexibility index (Phi) is 7.60. The summed E-state index contributed by atoms with van der Waals surface area (Å²) in [6, 6.07) is 14.5. The maximum absolute atomic E-state index is 12.5. The van der Waals surface area contributed by atoms with Gasteiger partial charge in [0.2, 0.25) is 15.9 Å². The second kappa shape index (κ2) is 9.71. The van der Waals surface area contributed by atoms with E-state index in [1.54, 1.807) is 12.1 Å². The van der Waals surface area contributed by atoms with Crippen LogP contribution in [-0.4, -0.2) is 39.8 Å². The second-order valence-corrected chi connectivity index (χ2v) is 8.85.